The predicted octanol–water partition coefficient (Wildman–Crippen LogP) is 2.31. The van der Waals surface area contributed by atoms with Gasteiger partial charge in [-0.3, -0.25) is 9.59 Å². The lowest BCUT2D eigenvalue weighted by atomic mass is 10.2. The van der Waals surface area contributed by atoms with Crippen LogP contribution in [0.25, 0.3) is 0 Å². The Bertz CT molecular complexity index is 838. The Balaban J connectivity index is 2.07. The van der Waals surface area contributed by atoms with Gasteiger partial charge in [-0.2, -0.15) is 5.26 Å². The number of carbonyl (C=O) groups excluding carboxylic acids is 3. The first-order chi connectivity index (χ1) is 12.0. The molecular weight excluding hydrogens is 322 g/mol. The molecule has 25 heavy (non-hydrogen) atoms. The highest BCUT2D eigenvalue weighted by Gasteiger charge is 2.18. The lowest BCUT2D eigenvalue weighted by molar-refractivity contribution is -0.133. The molecule has 2 aromatic carbocycles. The van der Waals surface area contributed by atoms with Crippen molar-refractivity contribution < 1.29 is 19.1 Å². The van der Waals surface area contributed by atoms with E-state index in [0.717, 1.165) is 0 Å². The van der Waals surface area contributed by atoms with Crippen molar-refractivity contribution in [1.82, 2.24) is 0 Å². The van der Waals surface area contributed by atoms with Gasteiger partial charge in [0.2, 0.25) is 0 Å². The maximum Gasteiger partial charge on any atom is 0.340 e. The zero-order valence-corrected chi connectivity index (χ0v) is 13.4. The topological polar surface area (TPSA) is 108 Å². The minimum Gasteiger partial charge on any atom is -0.462 e. The fourth-order valence-electron chi connectivity index (χ4n) is 1.97. The van der Waals surface area contributed by atoms with Gasteiger partial charge in [0.15, 0.2) is 0 Å². The van der Waals surface area contributed by atoms with Crippen LogP contribution < -0.4 is 10.6 Å². The summed E-state index contributed by atoms with van der Waals surface area (Å²) in [4.78, 5) is 35.9. The predicted molar refractivity (Wildman–Crippen MR) is 90.8 cm³/mol. The van der Waals surface area contributed by atoms with Crippen molar-refractivity contribution in [3.63, 3.8) is 0 Å². The van der Waals surface area contributed by atoms with Crippen molar-refractivity contribution >= 4 is 29.2 Å². The third-order valence-electron chi connectivity index (χ3n) is 3.15. The highest BCUT2D eigenvalue weighted by Crippen LogP contribution is 2.16. The first-order valence-electron chi connectivity index (χ1n) is 7.43. The molecule has 0 saturated carbocycles. The van der Waals surface area contributed by atoms with E-state index < -0.39 is 17.8 Å². The van der Waals surface area contributed by atoms with Gasteiger partial charge in [0.05, 0.1) is 29.5 Å². The maximum absolute atomic E-state index is 12.0. The summed E-state index contributed by atoms with van der Waals surface area (Å²) in [5, 5.41) is 13.5. The monoisotopic (exact) mass is 337 g/mol. The van der Waals surface area contributed by atoms with E-state index in [4.69, 9.17) is 10.00 Å². The molecule has 2 aromatic rings. The van der Waals surface area contributed by atoms with Gasteiger partial charge in [0.25, 0.3) is 0 Å². The molecule has 0 bridgehead atoms. The summed E-state index contributed by atoms with van der Waals surface area (Å²) in [5.41, 5.74) is 1.15. The number of carbonyl (C=O) groups is 3. The van der Waals surface area contributed by atoms with Crippen molar-refractivity contribution in [1.29, 1.82) is 5.26 Å². The number of nitrogens with one attached hydrogen (secondary N) is 2. The van der Waals surface area contributed by atoms with Crippen molar-refractivity contribution in [2.45, 2.75) is 6.92 Å². The molecule has 0 aliphatic rings. The Kier molecular flexibility index (Phi) is 5.85. The van der Waals surface area contributed by atoms with E-state index in [1.165, 1.54) is 36.4 Å². The standard InChI is InChI=1S/C18H15N3O4/c1-2-25-18(24)14-5-3-4-6-15(14)21-17(23)16(22)20-13-9-7-12(11-19)8-10-13/h3-10H,2H2,1H3,(H,20,22)(H,21,23). The van der Waals surface area contributed by atoms with Gasteiger partial charge in [0.1, 0.15) is 0 Å². The summed E-state index contributed by atoms with van der Waals surface area (Å²) >= 11 is 0. The Morgan fingerprint density at radius 1 is 1.00 bits per heavy atom. The molecule has 2 N–H and O–H groups in total. The Morgan fingerprint density at radius 2 is 1.64 bits per heavy atom. The number of anilines is 2. The summed E-state index contributed by atoms with van der Waals surface area (Å²) in [7, 11) is 0. The summed E-state index contributed by atoms with van der Waals surface area (Å²) in [6.07, 6.45) is 0. The molecule has 0 saturated heterocycles. The average molecular weight is 337 g/mol. The Labute approximate surface area is 144 Å². The summed E-state index contributed by atoms with van der Waals surface area (Å²) in [5.74, 6) is -2.42. The minimum absolute atomic E-state index is 0.156. The van der Waals surface area contributed by atoms with Gasteiger partial charge in [-0.15, -0.1) is 0 Å². The fraction of sp³-hybridized carbons (Fsp3) is 0.111. The fourth-order valence-corrected chi connectivity index (χ4v) is 1.97. The normalized spacial score (nSPS) is 9.60. The number of amides is 2. The van der Waals surface area contributed by atoms with E-state index in [9.17, 15) is 14.4 Å². The van der Waals surface area contributed by atoms with Gasteiger partial charge in [0, 0.05) is 5.69 Å². The van der Waals surface area contributed by atoms with Crippen molar-refractivity contribution in [3.05, 3.63) is 59.7 Å². The number of nitrogens with zero attached hydrogens (tertiary/aromatic N) is 1. The highest BCUT2D eigenvalue weighted by atomic mass is 16.5. The number of benzene rings is 2. The molecule has 0 fully saturated rings. The second-order valence-electron chi connectivity index (χ2n) is 4.86. The number of nitriles is 1. The van der Waals surface area contributed by atoms with Crippen LogP contribution >= 0.6 is 0 Å². The van der Waals surface area contributed by atoms with Crippen molar-refractivity contribution in [2.75, 3.05) is 17.2 Å². The molecule has 7 nitrogen and oxygen atoms in total. The maximum atomic E-state index is 12.0. The van der Waals surface area contributed by atoms with Gasteiger partial charge in [-0.05, 0) is 43.3 Å². The van der Waals surface area contributed by atoms with Crippen LogP contribution in [0, 0.1) is 11.3 Å². The van der Waals surface area contributed by atoms with Crippen LogP contribution in [0.4, 0.5) is 11.4 Å². The van der Waals surface area contributed by atoms with E-state index in [2.05, 4.69) is 10.6 Å². The zero-order chi connectivity index (χ0) is 18.2. The molecule has 2 rings (SSSR count). The van der Waals surface area contributed by atoms with E-state index in [1.54, 1.807) is 19.1 Å². The third kappa shape index (κ3) is 4.65. The second-order valence-corrected chi connectivity index (χ2v) is 4.86. The van der Waals surface area contributed by atoms with Crippen LogP contribution in [0.2, 0.25) is 0 Å². The van der Waals surface area contributed by atoms with Gasteiger partial charge in [-0.1, -0.05) is 12.1 Å². The quantitative estimate of drug-likeness (QED) is 0.657. The molecule has 0 spiro atoms. The first kappa shape index (κ1) is 17.7. The smallest absolute Gasteiger partial charge is 0.340 e. The molecule has 2 amide bonds. The average Bonchev–Trinajstić information content (AvgIpc) is 2.63. The van der Waals surface area contributed by atoms with E-state index >= 15 is 0 Å². The van der Waals surface area contributed by atoms with E-state index in [-0.39, 0.29) is 17.9 Å². The highest BCUT2D eigenvalue weighted by molar-refractivity contribution is 6.43. The molecule has 0 aliphatic heterocycles. The van der Waals surface area contributed by atoms with Crippen LogP contribution in [-0.4, -0.2) is 24.4 Å². The summed E-state index contributed by atoms with van der Waals surface area (Å²) < 4.78 is 4.91. The molecule has 0 radical (unpaired) electrons. The number of ether oxygens (including phenoxy) is 1. The molecule has 7 heteroatoms. The Hall–Kier alpha value is -3.66. The Morgan fingerprint density at radius 3 is 2.28 bits per heavy atom. The first-order valence-corrected chi connectivity index (χ1v) is 7.43. The zero-order valence-electron chi connectivity index (χ0n) is 13.4. The minimum atomic E-state index is -0.930. The number of hydrogen-bond donors (Lipinski definition) is 2. The number of esters is 1. The summed E-state index contributed by atoms with van der Waals surface area (Å²) in [6.45, 7) is 1.87. The van der Waals surface area contributed by atoms with Crippen LogP contribution in [0.5, 0.6) is 0 Å². The van der Waals surface area contributed by atoms with Crippen LogP contribution in [0.15, 0.2) is 48.5 Å². The summed E-state index contributed by atoms with van der Waals surface area (Å²) in [6, 6.07) is 14.2. The lowest BCUT2D eigenvalue weighted by Crippen LogP contribution is -2.29. The van der Waals surface area contributed by atoms with E-state index in [0.29, 0.717) is 11.3 Å². The van der Waals surface area contributed by atoms with Crippen LogP contribution in [0.1, 0.15) is 22.8 Å². The second kappa shape index (κ2) is 8.26. The van der Waals surface area contributed by atoms with Crippen molar-refractivity contribution in [3.8, 4) is 6.07 Å². The van der Waals surface area contributed by atoms with Crippen LogP contribution in [-0.2, 0) is 14.3 Å². The number of rotatable bonds is 4. The SMILES string of the molecule is CCOC(=O)c1ccccc1NC(=O)C(=O)Nc1ccc(C#N)cc1. The van der Waals surface area contributed by atoms with Gasteiger partial charge >= 0.3 is 17.8 Å². The largest absolute Gasteiger partial charge is 0.462 e. The molecule has 126 valence electrons. The van der Waals surface area contributed by atoms with Gasteiger partial charge in [-0.25, -0.2) is 4.79 Å². The molecular formula is C18H15N3O4. The molecule has 0 aromatic heterocycles. The molecule has 0 heterocycles. The molecule has 0 aliphatic carbocycles. The lowest BCUT2D eigenvalue weighted by Gasteiger charge is -2.10. The molecule has 0 unspecified atom stereocenters. The van der Waals surface area contributed by atoms with E-state index in [1.807, 2.05) is 6.07 Å². The van der Waals surface area contributed by atoms with Gasteiger partial charge < -0.3 is 15.4 Å². The molecule has 0 atom stereocenters. The number of hydrogen-bond acceptors (Lipinski definition) is 5. The number of para-hydroxylation sites is 1. The van der Waals surface area contributed by atoms with Crippen molar-refractivity contribution in [2.24, 2.45) is 0 Å². The van der Waals surface area contributed by atoms with Crippen LogP contribution in [0.3, 0.4) is 0 Å². The third-order valence-corrected chi connectivity index (χ3v) is 3.15.